The van der Waals surface area contributed by atoms with Gasteiger partial charge in [-0.25, -0.2) is 0 Å². The van der Waals surface area contributed by atoms with Crippen molar-refractivity contribution in [2.24, 2.45) is 0 Å². The van der Waals surface area contributed by atoms with Crippen LogP contribution in [-0.4, -0.2) is 58.7 Å². The van der Waals surface area contributed by atoms with Gasteiger partial charge in [0.25, 0.3) is 0 Å². The van der Waals surface area contributed by atoms with Crippen molar-refractivity contribution in [2.45, 2.75) is 18.0 Å². The summed E-state index contributed by atoms with van der Waals surface area (Å²) in [7, 11) is 1.58. The van der Waals surface area contributed by atoms with Gasteiger partial charge < -0.3 is 19.7 Å². The Kier molecular flexibility index (Phi) is 5.72. The van der Waals surface area contributed by atoms with Crippen LogP contribution < -0.4 is 9.47 Å². The molecule has 2 atom stereocenters. The summed E-state index contributed by atoms with van der Waals surface area (Å²) in [5.74, 6) is 1.12. The number of carbonyl (C=O) groups is 1. The van der Waals surface area contributed by atoms with Gasteiger partial charge in [-0.05, 0) is 12.1 Å². The zero-order chi connectivity index (χ0) is 15.2. The largest absolute Gasteiger partial charge is 0.493 e. The number of benzene rings is 1. The lowest BCUT2D eigenvalue weighted by molar-refractivity contribution is -0.142. The predicted octanol–water partition coefficient (Wildman–Crippen LogP) is 1.24. The maximum Gasteiger partial charge on any atom is 0.307 e. The minimum Gasteiger partial charge on any atom is -0.493 e. The number of hydrogen-bond acceptors (Lipinski definition) is 6. The standard InChI is InChI=1S/C14H19NO5S/c1-19-10-4-2-3-5-11(10)20-9-13-15(6-7-21-13)12(16)8-14(17)18/h2-5,12-13,16H,6-9H2,1H3,(H,17,18)/t12-,13+/m1/s1. The van der Waals surface area contributed by atoms with Crippen molar-refractivity contribution < 1.29 is 24.5 Å². The Morgan fingerprint density at radius 1 is 1.48 bits per heavy atom. The van der Waals surface area contributed by atoms with Crippen molar-refractivity contribution in [3.8, 4) is 11.5 Å². The second kappa shape index (κ2) is 7.53. The Bertz CT molecular complexity index is 484. The number of para-hydroxylation sites is 2. The molecule has 0 unspecified atom stereocenters. The first kappa shape index (κ1) is 15.9. The van der Waals surface area contributed by atoms with E-state index in [4.69, 9.17) is 14.6 Å². The quantitative estimate of drug-likeness (QED) is 0.784. The van der Waals surface area contributed by atoms with Crippen LogP contribution in [0, 0.1) is 0 Å². The lowest BCUT2D eigenvalue weighted by Crippen LogP contribution is -2.42. The number of aliphatic hydroxyl groups is 1. The fraction of sp³-hybridized carbons (Fsp3) is 0.500. The van der Waals surface area contributed by atoms with Crippen LogP contribution in [-0.2, 0) is 4.79 Å². The molecule has 0 aromatic heterocycles. The third kappa shape index (κ3) is 4.26. The van der Waals surface area contributed by atoms with Gasteiger partial charge in [-0.3, -0.25) is 9.69 Å². The van der Waals surface area contributed by atoms with Gasteiger partial charge in [-0.2, -0.15) is 0 Å². The molecular weight excluding hydrogens is 294 g/mol. The molecular formula is C14H19NO5S. The summed E-state index contributed by atoms with van der Waals surface area (Å²) >= 11 is 1.65. The minimum absolute atomic E-state index is 0.0655. The second-order valence-electron chi connectivity index (χ2n) is 4.60. The number of nitrogens with zero attached hydrogens (tertiary/aromatic N) is 1. The van der Waals surface area contributed by atoms with Crippen molar-refractivity contribution in [2.75, 3.05) is 26.0 Å². The van der Waals surface area contributed by atoms with Gasteiger partial charge >= 0.3 is 5.97 Å². The average molecular weight is 313 g/mol. The molecule has 0 amide bonds. The summed E-state index contributed by atoms with van der Waals surface area (Å²) in [4.78, 5) is 12.5. The van der Waals surface area contributed by atoms with Crippen molar-refractivity contribution >= 4 is 17.7 Å². The number of aliphatic carboxylic acids is 1. The number of aliphatic hydroxyl groups excluding tert-OH is 1. The number of carboxylic acid groups (broad SMARTS) is 1. The lowest BCUT2D eigenvalue weighted by Gasteiger charge is -2.27. The van der Waals surface area contributed by atoms with E-state index in [1.807, 2.05) is 24.3 Å². The van der Waals surface area contributed by atoms with E-state index in [1.165, 1.54) is 0 Å². The normalized spacial score (nSPS) is 20.2. The number of hydrogen-bond donors (Lipinski definition) is 2. The van der Waals surface area contributed by atoms with E-state index in [2.05, 4.69) is 0 Å². The lowest BCUT2D eigenvalue weighted by atomic mass is 10.3. The van der Waals surface area contributed by atoms with Gasteiger partial charge in [0.15, 0.2) is 11.5 Å². The molecule has 116 valence electrons. The zero-order valence-corrected chi connectivity index (χ0v) is 12.6. The molecule has 1 aliphatic rings. The molecule has 1 aromatic carbocycles. The van der Waals surface area contributed by atoms with E-state index in [1.54, 1.807) is 23.8 Å². The molecule has 1 heterocycles. The SMILES string of the molecule is COc1ccccc1OC[C@@H]1SCCN1[C@H](O)CC(=O)O. The highest BCUT2D eigenvalue weighted by molar-refractivity contribution is 8.00. The summed E-state index contributed by atoms with van der Waals surface area (Å²) in [6, 6.07) is 7.35. The van der Waals surface area contributed by atoms with E-state index in [-0.39, 0.29) is 11.8 Å². The van der Waals surface area contributed by atoms with Gasteiger partial charge in [-0.1, -0.05) is 12.1 Å². The predicted molar refractivity (Wildman–Crippen MR) is 79.7 cm³/mol. The Morgan fingerprint density at radius 2 is 2.19 bits per heavy atom. The molecule has 1 aliphatic heterocycles. The van der Waals surface area contributed by atoms with Gasteiger partial charge in [0.1, 0.15) is 12.8 Å². The number of carboxylic acids is 1. The van der Waals surface area contributed by atoms with Crippen LogP contribution in [0.1, 0.15) is 6.42 Å². The highest BCUT2D eigenvalue weighted by Crippen LogP contribution is 2.30. The Morgan fingerprint density at radius 3 is 2.86 bits per heavy atom. The van der Waals surface area contributed by atoms with E-state index >= 15 is 0 Å². The van der Waals surface area contributed by atoms with Crippen LogP contribution in [0.5, 0.6) is 11.5 Å². The van der Waals surface area contributed by atoms with Crippen molar-refractivity contribution in [3.63, 3.8) is 0 Å². The molecule has 0 saturated carbocycles. The van der Waals surface area contributed by atoms with Crippen LogP contribution in [0.2, 0.25) is 0 Å². The maximum absolute atomic E-state index is 10.7. The molecule has 1 fully saturated rings. The summed E-state index contributed by atoms with van der Waals surface area (Å²) in [6.45, 7) is 1.01. The van der Waals surface area contributed by atoms with Crippen molar-refractivity contribution in [1.29, 1.82) is 0 Å². The third-order valence-electron chi connectivity index (χ3n) is 3.22. The van der Waals surface area contributed by atoms with Gasteiger partial charge in [0.2, 0.25) is 0 Å². The van der Waals surface area contributed by atoms with E-state index in [0.29, 0.717) is 24.7 Å². The highest BCUT2D eigenvalue weighted by atomic mass is 32.2. The van der Waals surface area contributed by atoms with Crippen LogP contribution in [0.15, 0.2) is 24.3 Å². The molecule has 0 bridgehead atoms. The van der Waals surface area contributed by atoms with Gasteiger partial charge in [0.05, 0.1) is 18.9 Å². The van der Waals surface area contributed by atoms with Crippen LogP contribution in [0.4, 0.5) is 0 Å². The first-order valence-electron chi connectivity index (χ1n) is 6.65. The van der Waals surface area contributed by atoms with E-state index in [9.17, 15) is 9.90 Å². The molecule has 7 heteroatoms. The van der Waals surface area contributed by atoms with Crippen LogP contribution in [0.3, 0.4) is 0 Å². The average Bonchev–Trinajstić information content (AvgIpc) is 2.93. The number of ether oxygens (including phenoxy) is 2. The fourth-order valence-electron chi connectivity index (χ4n) is 2.19. The smallest absolute Gasteiger partial charge is 0.307 e. The zero-order valence-electron chi connectivity index (χ0n) is 11.8. The Balaban J connectivity index is 1.94. The molecule has 0 radical (unpaired) electrons. The Labute approximate surface area is 127 Å². The molecule has 6 nitrogen and oxygen atoms in total. The number of methoxy groups -OCH3 is 1. The summed E-state index contributed by atoms with van der Waals surface area (Å²) in [5, 5.41) is 18.6. The fourth-order valence-corrected chi connectivity index (χ4v) is 3.38. The molecule has 21 heavy (non-hydrogen) atoms. The van der Waals surface area contributed by atoms with Gasteiger partial charge in [-0.15, -0.1) is 11.8 Å². The van der Waals surface area contributed by atoms with Crippen LogP contribution in [0.25, 0.3) is 0 Å². The minimum atomic E-state index is -1.01. The number of thioether (sulfide) groups is 1. The monoisotopic (exact) mass is 313 g/mol. The summed E-state index contributed by atoms with van der Waals surface area (Å²) in [5.41, 5.74) is 0. The molecule has 0 aliphatic carbocycles. The third-order valence-corrected chi connectivity index (χ3v) is 4.43. The molecule has 2 N–H and O–H groups in total. The topological polar surface area (TPSA) is 79.2 Å². The molecule has 1 saturated heterocycles. The van der Waals surface area contributed by atoms with E-state index < -0.39 is 12.2 Å². The second-order valence-corrected chi connectivity index (χ2v) is 5.89. The Hall–Kier alpha value is -1.44. The molecule has 1 aromatic rings. The summed E-state index contributed by atoms with van der Waals surface area (Å²) < 4.78 is 11.0. The van der Waals surface area contributed by atoms with Crippen molar-refractivity contribution in [3.05, 3.63) is 24.3 Å². The number of rotatable bonds is 7. The first-order chi connectivity index (χ1) is 10.1. The van der Waals surface area contributed by atoms with E-state index in [0.717, 1.165) is 5.75 Å². The van der Waals surface area contributed by atoms with Crippen molar-refractivity contribution in [1.82, 2.24) is 4.90 Å². The molecule has 0 spiro atoms. The molecule has 2 rings (SSSR count). The van der Waals surface area contributed by atoms with Crippen LogP contribution >= 0.6 is 11.8 Å². The van der Waals surface area contributed by atoms with Gasteiger partial charge in [0, 0.05) is 12.3 Å². The maximum atomic E-state index is 10.7. The highest BCUT2D eigenvalue weighted by Gasteiger charge is 2.32. The first-order valence-corrected chi connectivity index (χ1v) is 7.69. The summed E-state index contributed by atoms with van der Waals surface area (Å²) in [6.07, 6.45) is -1.27.